The van der Waals surface area contributed by atoms with Gasteiger partial charge in [0.15, 0.2) is 0 Å². The molecule has 0 saturated carbocycles. The summed E-state index contributed by atoms with van der Waals surface area (Å²) < 4.78 is 15.7. The van der Waals surface area contributed by atoms with E-state index in [1.807, 2.05) is 24.3 Å². The maximum atomic E-state index is 14.8. The van der Waals surface area contributed by atoms with Gasteiger partial charge < -0.3 is 0 Å². The van der Waals surface area contributed by atoms with E-state index in [4.69, 9.17) is 0 Å². The predicted octanol–water partition coefficient (Wildman–Crippen LogP) is 6.08. The van der Waals surface area contributed by atoms with Crippen LogP contribution in [-0.2, 0) is 6.16 Å². The van der Waals surface area contributed by atoms with Gasteiger partial charge in [-0.15, -0.1) is 0 Å². The second-order valence-electron chi connectivity index (χ2n) is 6.71. The van der Waals surface area contributed by atoms with E-state index in [-0.39, 0.29) is 5.82 Å². The minimum absolute atomic E-state index is 0.157. The summed E-state index contributed by atoms with van der Waals surface area (Å²) in [5, 5.41) is 3.77. The lowest BCUT2D eigenvalue weighted by Crippen LogP contribution is -2.32. The molecule has 0 saturated heterocycles. The molecule has 28 heavy (non-hydrogen) atoms. The molecule has 4 aromatic carbocycles. The minimum Gasteiger partial charge on any atom is -0.207 e. The number of rotatable bonds is 5. The van der Waals surface area contributed by atoms with E-state index in [2.05, 4.69) is 88.7 Å². The molecule has 0 fully saturated rings. The van der Waals surface area contributed by atoms with Crippen LogP contribution in [0.25, 0.3) is 0 Å². The van der Waals surface area contributed by atoms with Crippen LogP contribution in [0.1, 0.15) is 5.56 Å². The molecule has 4 rings (SSSR count). The van der Waals surface area contributed by atoms with E-state index in [0.29, 0.717) is 6.16 Å². The molecule has 0 aliphatic carbocycles. The molecule has 3 heteroatoms. The zero-order chi connectivity index (χ0) is 19.4. The quantitative estimate of drug-likeness (QED) is 0.323. The molecule has 0 aliphatic heterocycles. The van der Waals surface area contributed by atoms with E-state index in [1.165, 1.54) is 15.9 Å². The Kier molecular flexibility index (Phi) is 5.71. The first-order chi connectivity index (χ1) is 13.7. The van der Waals surface area contributed by atoms with Gasteiger partial charge in [0.2, 0.25) is 0 Å². The number of hydrogen-bond donors (Lipinski definition) is 0. The van der Waals surface area contributed by atoms with Crippen LogP contribution >= 0.6 is 23.2 Å². The molecule has 138 valence electrons. The van der Waals surface area contributed by atoms with E-state index in [9.17, 15) is 4.39 Å². The summed E-state index contributed by atoms with van der Waals surface area (Å²) in [4.78, 5) is 0. The van der Waals surface area contributed by atoms with Gasteiger partial charge in [-0.25, -0.2) is 4.39 Å². The Morgan fingerprint density at radius 3 is 1.46 bits per heavy atom. The summed E-state index contributed by atoms with van der Waals surface area (Å²) in [5.41, 5.74) is 0.735. The number of benzene rings is 4. The topological polar surface area (TPSA) is 0 Å². The van der Waals surface area contributed by atoms with Gasteiger partial charge in [0, 0.05) is 10.0 Å². The summed E-state index contributed by atoms with van der Waals surface area (Å²) >= 11 is 3.52. The molecule has 0 heterocycles. The highest BCUT2D eigenvalue weighted by Crippen LogP contribution is 2.58. The Morgan fingerprint density at radius 1 is 0.607 bits per heavy atom. The molecular formula is C25H20BrFP+. The molecular weight excluding hydrogens is 430 g/mol. The van der Waals surface area contributed by atoms with Gasteiger partial charge in [-0.05, 0) is 54.6 Å². The smallest absolute Gasteiger partial charge is 0.130 e. The van der Waals surface area contributed by atoms with Crippen molar-refractivity contribution >= 4 is 39.1 Å². The summed E-state index contributed by atoms with van der Waals surface area (Å²) in [5.74, 6) is -0.157. The van der Waals surface area contributed by atoms with E-state index < -0.39 is 7.26 Å². The lowest BCUT2D eigenvalue weighted by atomic mass is 10.2. The lowest BCUT2D eigenvalue weighted by molar-refractivity contribution is 0.616. The Balaban J connectivity index is 2.02. The second-order valence-corrected chi connectivity index (χ2v) is 11.1. The highest BCUT2D eigenvalue weighted by molar-refractivity contribution is 9.10. The predicted molar refractivity (Wildman–Crippen MR) is 123 cm³/mol. The van der Waals surface area contributed by atoms with Crippen LogP contribution in [0.2, 0.25) is 0 Å². The van der Waals surface area contributed by atoms with Crippen molar-refractivity contribution in [1.82, 2.24) is 0 Å². The Labute approximate surface area is 174 Å². The molecule has 0 aliphatic rings. The highest BCUT2D eigenvalue weighted by atomic mass is 79.9. The maximum absolute atomic E-state index is 14.8. The fraction of sp³-hybridized carbons (Fsp3) is 0.0400. The van der Waals surface area contributed by atoms with Crippen LogP contribution in [0, 0.1) is 5.82 Å². The van der Waals surface area contributed by atoms with Gasteiger partial charge in [-0.1, -0.05) is 70.5 Å². The molecule has 0 aromatic heterocycles. The zero-order valence-corrected chi connectivity index (χ0v) is 17.8. The van der Waals surface area contributed by atoms with E-state index in [1.54, 1.807) is 12.1 Å². The van der Waals surface area contributed by atoms with E-state index in [0.717, 1.165) is 10.0 Å². The third kappa shape index (κ3) is 3.68. The van der Waals surface area contributed by atoms with Gasteiger partial charge in [-0.3, -0.25) is 0 Å². The van der Waals surface area contributed by atoms with Crippen molar-refractivity contribution in [2.45, 2.75) is 6.16 Å². The number of hydrogen-bond acceptors (Lipinski definition) is 0. The second kappa shape index (κ2) is 8.39. The largest absolute Gasteiger partial charge is 0.207 e. The minimum atomic E-state index is -2.08. The van der Waals surface area contributed by atoms with Crippen LogP contribution in [0.3, 0.4) is 0 Å². The van der Waals surface area contributed by atoms with Crippen LogP contribution in [0.15, 0.2) is 114 Å². The molecule has 4 aromatic rings. The SMILES string of the molecule is Fc1ccc(Br)cc1C[P+](c1ccccc1)(c1ccccc1)c1ccccc1. The van der Waals surface area contributed by atoms with Gasteiger partial charge in [0.1, 0.15) is 35.2 Å². The standard InChI is InChI=1S/C25H20BrFP/c26-21-16-17-25(27)20(18-21)19-28(22-10-4-1-5-11-22,23-12-6-2-7-13-23)24-14-8-3-9-15-24/h1-18H,19H2/q+1. The molecule has 0 radical (unpaired) electrons. The summed E-state index contributed by atoms with van der Waals surface area (Å²) in [6.07, 6.45) is 0.635. The molecule has 0 atom stereocenters. The number of halogens is 2. The van der Waals surface area contributed by atoms with Crippen molar-refractivity contribution in [2.75, 3.05) is 0 Å². The Morgan fingerprint density at radius 2 is 1.04 bits per heavy atom. The first-order valence-electron chi connectivity index (χ1n) is 9.19. The van der Waals surface area contributed by atoms with Crippen LogP contribution in [0.5, 0.6) is 0 Å². The average molecular weight is 450 g/mol. The molecule has 0 N–H and O–H groups in total. The monoisotopic (exact) mass is 449 g/mol. The van der Waals surface area contributed by atoms with Crippen molar-refractivity contribution in [1.29, 1.82) is 0 Å². The van der Waals surface area contributed by atoms with Crippen LogP contribution < -0.4 is 15.9 Å². The summed E-state index contributed by atoms with van der Waals surface area (Å²) in [7, 11) is -2.08. The molecule has 0 unspecified atom stereocenters. The summed E-state index contributed by atoms with van der Waals surface area (Å²) in [6, 6.07) is 36.9. The summed E-state index contributed by atoms with van der Waals surface area (Å²) in [6.45, 7) is 0. The van der Waals surface area contributed by atoms with E-state index >= 15 is 0 Å². The zero-order valence-electron chi connectivity index (χ0n) is 15.3. The molecule has 0 nitrogen and oxygen atoms in total. The van der Waals surface area contributed by atoms with Crippen molar-refractivity contribution < 1.29 is 4.39 Å². The van der Waals surface area contributed by atoms with Crippen molar-refractivity contribution in [3.8, 4) is 0 Å². The van der Waals surface area contributed by atoms with Gasteiger partial charge in [0.25, 0.3) is 0 Å². The Hall–Kier alpha value is -2.28. The van der Waals surface area contributed by atoms with Gasteiger partial charge in [-0.2, -0.15) is 0 Å². The fourth-order valence-corrected chi connectivity index (χ4v) is 8.34. The first-order valence-corrected chi connectivity index (χ1v) is 12.0. The van der Waals surface area contributed by atoms with Crippen LogP contribution in [-0.4, -0.2) is 0 Å². The third-order valence-electron chi connectivity index (χ3n) is 5.01. The molecule has 0 amide bonds. The van der Waals surface area contributed by atoms with Gasteiger partial charge >= 0.3 is 0 Å². The van der Waals surface area contributed by atoms with Crippen molar-refractivity contribution in [3.05, 3.63) is 125 Å². The van der Waals surface area contributed by atoms with Crippen molar-refractivity contribution in [2.24, 2.45) is 0 Å². The normalized spacial score (nSPS) is 11.4. The van der Waals surface area contributed by atoms with Gasteiger partial charge in [0.05, 0.1) is 0 Å². The maximum Gasteiger partial charge on any atom is 0.130 e. The fourth-order valence-electron chi connectivity index (χ4n) is 3.69. The molecule has 0 spiro atoms. The average Bonchev–Trinajstić information content (AvgIpc) is 2.76. The Bertz CT molecular complexity index is 953. The first kappa shape index (κ1) is 19.1. The highest BCUT2D eigenvalue weighted by Gasteiger charge is 2.45. The third-order valence-corrected chi connectivity index (χ3v) is 9.85. The van der Waals surface area contributed by atoms with Crippen molar-refractivity contribution in [3.63, 3.8) is 0 Å². The molecule has 0 bridgehead atoms. The van der Waals surface area contributed by atoms with Crippen LogP contribution in [0.4, 0.5) is 4.39 Å². The lowest BCUT2D eigenvalue weighted by Gasteiger charge is -2.28.